The zero-order chi connectivity index (χ0) is 18.3. The van der Waals surface area contributed by atoms with E-state index in [2.05, 4.69) is 15.2 Å². The summed E-state index contributed by atoms with van der Waals surface area (Å²) in [6, 6.07) is 8.30. The van der Waals surface area contributed by atoms with Crippen LogP contribution in [0.3, 0.4) is 0 Å². The highest BCUT2D eigenvalue weighted by molar-refractivity contribution is 7.19. The maximum absolute atomic E-state index is 11.5. The minimum absolute atomic E-state index is 0.00528. The molecule has 0 aliphatic carbocycles. The molecule has 0 spiro atoms. The van der Waals surface area contributed by atoms with Crippen LogP contribution in [0, 0.1) is 10.1 Å². The first kappa shape index (κ1) is 16.8. The fourth-order valence-corrected chi connectivity index (χ4v) is 4.16. The van der Waals surface area contributed by atoms with E-state index in [1.54, 1.807) is 31.4 Å². The number of thiophene rings is 1. The van der Waals surface area contributed by atoms with Crippen molar-refractivity contribution in [2.45, 2.75) is 13.2 Å². The molecule has 8 nitrogen and oxygen atoms in total. The molecule has 26 heavy (non-hydrogen) atoms. The van der Waals surface area contributed by atoms with Crippen LogP contribution in [0.1, 0.15) is 22.8 Å². The van der Waals surface area contributed by atoms with Gasteiger partial charge in [0.25, 0.3) is 5.69 Å². The summed E-state index contributed by atoms with van der Waals surface area (Å²) in [5.74, 6) is 1.26. The van der Waals surface area contributed by atoms with E-state index in [4.69, 9.17) is 16.3 Å². The van der Waals surface area contributed by atoms with Gasteiger partial charge in [0.15, 0.2) is 11.6 Å². The van der Waals surface area contributed by atoms with Gasteiger partial charge < -0.3 is 4.74 Å². The Bertz CT molecular complexity index is 1040. The van der Waals surface area contributed by atoms with Gasteiger partial charge in [-0.05, 0) is 12.1 Å². The molecule has 0 fully saturated rings. The second kappa shape index (κ2) is 6.60. The average Bonchev–Trinajstić information content (AvgIpc) is 3.15. The minimum atomic E-state index is -0.410. The lowest BCUT2D eigenvalue weighted by atomic mass is 10.0. The molecule has 10 heteroatoms. The number of ether oxygens (including phenoxy) is 1. The molecule has 3 heterocycles. The molecule has 0 saturated carbocycles. The topological polar surface area (TPSA) is 95.4 Å². The molecule has 1 aliphatic heterocycles. The quantitative estimate of drug-likeness (QED) is 0.503. The van der Waals surface area contributed by atoms with E-state index in [-0.39, 0.29) is 18.8 Å². The highest BCUT2D eigenvalue weighted by atomic mass is 35.5. The Morgan fingerprint density at radius 1 is 1.35 bits per heavy atom. The van der Waals surface area contributed by atoms with E-state index >= 15 is 0 Å². The van der Waals surface area contributed by atoms with Gasteiger partial charge in [-0.1, -0.05) is 23.7 Å². The van der Waals surface area contributed by atoms with Crippen molar-refractivity contribution in [3.05, 3.63) is 67.6 Å². The zero-order valence-corrected chi connectivity index (χ0v) is 15.1. The maximum Gasteiger partial charge on any atom is 0.278 e. The number of rotatable bonds is 4. The minimum Gasteiger partial charge on any atom is -0.377 e. The van der Waals surface area contributed by atoms with E-state index in [0.29, 0.717) is 32.8 Å². The van der Waals surface area contributed by atoms with Crippen molar-refractivity contribution in [2.24, 2.45) is 4.99 Å². The van der Waals surface area contributed by atoms with Crippen LogP contribution < -0.4 is 0 Å². The summed E-state index contributed by atoms with van der Waals surface area (Å²) in [6.07, 6.45) is 0. The average molecular weight is 390 g/mol. The van der Waals surface area contributed by atoms with Gasteiger partial charge in [0.1, 0.15) is 18.2 Å². The number of nitrogens with zero attached hydrogens (tertiary/aromatic N) is 5. The predicted molar refractivity (Wildman–Crippen MR) is 97.4 cm³/mol. The summed E-state index contributed by atoms with van der Waals surface area (Å²) in [4.78, 5) is 15.7. The highest BCUT2D eigenvalue weighted by Crippen LogP contribution is 2.36. The zero-order valence-electron chi connectivity index (χ0n) is 13.5. The Hall–Kier alpha value is -2.62. The highest BCUT2D eigenvalue weighted by Gasteiger charge is 2.28. The first-order valence-electron chi connectivity index (χ1n) is 7.60. The molecule has 132 valence electrons. The molecule has 0 atom stereocenters. The molecule has 1 aromatic carbocycles. The van der Waals surface area contributed by atoms with Crippen molar-refractivity contribution in [3.8, 4) is 5.00 Å². The van der Waals surface area contributed by atoms with E-state index in [1.165, 1.54) is 17.4 Å². The van der Waals surface area contributed by atoms with Crippen LogP contribution in [0.4, 0.5) is 5.69 Å². The number of aromatic nitrogens is 3. The molecule has 2 aromatic heterocycles. The van der Waals surface area contributed by atoms with Gasteiger partial charge in [-0.15, -0.1) is 21.5 Å². The number of halogens is 1. The number of fused-ring (bicyclic) bond motifs is 3. The van der Waals surface area contributed by atoms with Crippen LogP contribution in [0.2, 0.25) is 4.34 Å². The van der Waals surface area contributed by atoms with Gasteiger partial charge in [-0.3, -0.25) is 19.7 Å². The Morgan fingerprint density at radius 3 is 2.92 bits per heavy atom. The van der Waals surface area contributed by atoms with Crippen LogP contribution in [0.5, 0.6) is 0 Å². The van der Waals surface area contributed by atoms with Crippen molar-refractivity contribution in [2.75, 3.05) is 7.11 Å². The molecular weight excluding hydrogens is 378 g/mol. The third-order valence-electron chi connectivity index (χ3n) is 3.95. The first-order chi connectivity index (χ1) is 12.6. The van der Waals surface area contributed by atoms with Crippen LogP contribution in [-0.4, -0.2) is 32.5 Å². The Balaban J connectivity index is 1.95. The SMILES string of the molecule is COCc1nnc2n1-c1sc(Cl)cc1C(c1ccccc1[N+](=O)[O-])=NC2. The second-order valence-electron chi connectivity index (χ2n) is 5.51. The van der Waals surface area contributed by atoms with Crippen LogP contribution in [-0.2, 0) is 17.9 Å². The summed E-state index contributed by atoms with van der Waals surface area (Å²) in [6.45, 7) is 0.528. The number of methoxy groups -OCH3 is 1. The van der Waals surface area contributed by atoms with Crippen LogP contribution >= 0.6 is 22.9 Å². The Morgan fingerprint density at radius 2 is 2.15 bits per heavy atom. The summed E-state index contributed by atoms with van der Waals surface area (Å²) in [5.41, 5.74) is 1.67. The van der Waals surface area contributed by atoms with Gasteiger partial charge in [-0.2, -0.15) is 0 Å². The van der Waals surface area contributed by atoms with E-state index in [0.717, 1.165) is 5.00 Å². The Labute approximate surface area is 156 Å². The molecule has 0 N–H and O–H groups in total. The molecule has 1 aliphatic rings. The normalized spacial score (nSPS) is 12.9. The number of hydrogen-bond donors (Lipinski definition) is 0. The lowest BCUT2D eigenvalue weighted by Gasteiger charge is -2.08. The summed E-state index contributed by atoms with van der Waals surface area (Å²) in [7, 11) is 1.58. The molecule has 4 rings (SSSR count). The molecule has 0 bridgehead atoms. The molecule has 0 saturated heterocycles. The summed E-state index contributed by atoms with van der Waals surface area (Å²) >= 11 is 7.61. The van der Waals surface area contributed by atoms with Crippen molar-refractivity contribution in [1.29, 1.82) is 0 Å². The largest absolute Gasteiger partial charge is 0.377 e. The second-order valence-corrected chi connectivity index (χ2v) is 7.17. The fraction of sp³-hybridized carbons (Fsp3) is 0.188. The van der Waals surface area contributed by atoms with Crippen LogP contribution in [0.15, 0.2) is 35.3 Å². The molecular formula is C16H12ClN5O3S. The van der Waals surface area contributed by atoms with E-state index in [9.17, 15) is 10.1 Å². The summed E-state index contributed by atoms with van der Waals surface area (Å²) in [5, 5.41) is 20.6. The van der Waals surface area contributed by atoms with Gasteiger partial charge in [0.05, 0.1) is 20.5 Å². The van der Waals surface area contributed by atoms with E-state index < -0.39 is 4.92 Å². The fourth-order valence-electron chi connectivity index (χ4n) is 2.90. The predicted octanol–water partition coefficient (Wildman–Crippen LogP) is 3.39. The molecule has 0 radical (unpaired) electrons. The lowest BCUT2D eigenvalue weighted by molar-refractivity contribution is -0.385. The number of benzene rings is 1. The number of aliphatic imine (C=N–C) groups is 1. The van der Waals surface area contributed by atoms with Crippen molar-refractivity contribution in [3.63, 3.8) is 0 Å². The van der Waals surface area contributed by atoms with Crippen molar-refractivity contribution in [1.82, 2.24) is 14.8 Å². The van der Waals surface area contributed by atoms with Crippen molar-refractivity contribution >= 4 is 34.3 Å². The molecule has 0 unspecified atom stereocenters. The van der Waals surface area contributed by atoms with Crippen LogP contribution in [0.25, 0.3) is 5.00 Å². The van der Waals surface area contributed by atoms with Gasteiger partial charge in [0, 0.05) is 18.7 Å². The third kappa shape index (κ3) is 2.70. The third-order valence-corrected chi connectivity index (χ3v) is 5.19. The number of nitro benzene ring substituents is 1. The molecule has 0 amide bonds. The van der Waals surface area contributed by atoms with E-state index in [1.807, 2.05) is 4.57 Å². The number of para-hydroxylation sites is 1. The smallest absolute Gasteiger partial charge is 0.278 e. The Kier molecular flexibility index (Phi) is 4.27. The monoisotopic (exact) mass is 389 g/mol. The lowest BCUT2D eigenvalue weighted by Crippen LogP contribution is -2.09. The maximum atomic E-state index is 11.5. The van der Waals surface area contributed by atoms with Crippen molar-refractivity contribution < 1.29 is 9.66 Å². The number of nitro groups is 1. The van der Waals surface area contributed by atoms with Gasteiger partial charge in [-0.25, -0.2) is 0 Å². The summed E-state index contributed by atoms with van der Waals surface area (Å²) < 4.78 is 7.61. The van der Waals surface area contributed by atoms with Gasteiger partial charge in [0.2, 0.25) is 0 Å². The van der Waals surface area contributed by atoms with Gasteiger partial charge >= 0.3 is 0 Å². The standard InChI is InChI=1S/C16H12ClN5O3S/c1-25-8-14-20-19-13-7-18-15(9-4-2-3-5-11(9)22(23)24)10-6-12(17)26-16(10)21(13)14/h2-6H,7-8H2,1H3. The number of hydrogen-bond acceptors (Lipinski definition) is 7. The molecule has 3 aromatic rings. The first-order valence-corrected chi connectivity index (χ1v) is 8.80.